The number of halogens is 2. The maximum absolute atomic E-state index is 13.1. The van der Waals surface area contributed by atoms with Gasteiger partial charge in [0.15, 0.2) is 0 Å². The first-order valence-corrected chi connectivity index (χ1v) is 13.3. The normalized spacial score (nSPS) is 24.2. The lowest BCUT2D eigenvalue weighted by molar-refractivity contribution is -0.0669. The highest BCUT2D eigenvalue weighted by atomic mass is 28.4. The molecule has 6 heteroatoms. The Bertz CT molecular complexity index is 888. The van der Waals surface area contributed by atoms with E-state index in [4.69, 9.17) is 9.16 Å². The zero-order valence-electron chi connectivity index (χ0n) is 19.2. The van der Waals surface area contributed by atoms with Gasteiger partial charge in [0.05, 0.1) is 25.4 Å². The quantitative estimate of drug-likeness (QED) is 0.599. The van der Waals surface area contributed by atoms with Crippen molar-refractivity contribution in [2.45, 2.75) is 37.8 Å². The molecule has 2 unspecified atom stereocenters. The van der Waals surface area contributed by atoms with Crippen LogP contribution in [-0.2, 0) is 9.16 Å². The molecule has 0 spiro atoms. The van der Waals surface area contributed by atoms with Crippen LogP contribution in [0.4, 0.5) is 8.78 Å². The van der Waals surface area contributed by atoms with Crippen LogP contribution in [0.25, 0.3) is 0 Å². The first-order chi connectivity index (χ1) is 15.3. The number of nitrogens with zero attached hydrogens (tertiary/aromatic N) is 1. The van der Waals surface area contributed by atoms with Crippen LogP contribution in [-0.4, -0.2) is 51.7 Å². The molecule has 2 aliphatic heterocycles. The summed E-state index contributed by atoms with van der Waals surface area (Å²) in [5.41, 5.74) is -0.373. The predicted octanol–water partition coefficient (Wildman–Crippen LogP) is 4.43. The minimum absolute atomic E-state index is 0.129. The number of rotatable bonds is 6. The molecule has 3 nitrogen and oxygen atoms in total. The van der Waals surface area contributed by atoms with E-state index >= 15 is 0 Å². The highest BCUT2D eigenvalue weighted by molar-refractivity contribution is 6.99. The molecule has 32 heavy (non-hydrogen) atoms. The molecule has 4 rings (SSSR count). The van der Waals surface area contributed by atoms with Gasteiger partial charge in [-0.3, -0.25) is 4.90 Å². The highest BCUT2D eigenvalue weighted by Gasteiger charge is 2.54. The van der Waals surface area contributed by atoms with Gasteiger partial charge >= 0.3 is 0 Å². The van der Waals surface area contributed by atoms with Crippen molar-refractivity contribution in [1.82, 2.24) is 4.90 Å². The second-order valence-corrected chi connectivity index (χ2v) is 14.4. The molecule has 0 aromatic heterocycles. The minimum atomic E-state index is -2.70. The summed E-state index contributed by atoms with van der Waals surface area (Å²) in [6, 6.07) is 21.1. The molecule has 2 atom stereocenters. The third-order valence-electron chi connectivity index (χ3n) is 6.98. The SMILES string of the molecule is CC(C)(C)[Si](OCC12COCCN1CC(C=C(F)F)C2)(c1ccccc1)c1ccccc1. The fourth-order valence-electron chi connectivity index (χ4n) is 5.56. The van der Waals surface area contributed by atoms with Crippen LogP contribution >= 0.6 is 0 Å². The molecule has 0 bridgehead atoms. The summed E-state index contributed by atoms with van der Waals surface area (Å²) in [4.78, 5) is 2.32. The van der Waals surface area contributed by atoms with E-state index in [-0.39, 0.29) is 16.5 Å². The Balaban J connectivity index is 1.74. The van der Waals surface area contributed by atoms with Crippen molar-refractivity contribution in [3.8, 4) is 0 Å². The number of morpholine rings is 1. The van der Waals surface area contributed by atoms with E-state index in [0.29, 0.717) is 32.8 Å². The van der Waals surface area contributed by atoms with E-state index in [9.17, 15) is 8.78 Å². The average Bonchev–Trinajstić information content (AvgIpc) is 3.12. The smallest absolute Gasteiger partial charge is 0.266 e. The summed E-state index contributed by atoms with van der Waals surface area (Å²) >= 11 is 0. The van der Waals surface area contributed by atoms with Gasteiger partial charge in [-0.2, -0.15) is 8.78 Å². The van der Waals surface area contributed by atoms with Crippen molar-refractivity contribution in [1.29, 1.82) is 0 Å². The van der Waals surface area contributed by atoms with Crippen molar-refractivity contribution < 1.29 is 17.9 Å². The van der Waals surface area contributed by atoms with Crippen molar-refractivity contribution in [2.24, 2.45) is 5.92 Å². The molecule has 0 N–H and O–H groups in total. The van der Waals surface area contributed by atoms with Gasteiger partial charge in [-0.05, 0) is 33.8 Å². The van der Waals surface area contributed by atoms with E-state index in [1.165, 1.54) is 10.4 Å². The van der Waals surface area contributed by atoms with Gasteiger partial charge in [0.1, 0.15) is 0 Å². The van der Waals surface area contributed by atoms with Gasteiger partial charge in [0.2, 0.25) is 0 Å². The van der Waals surface area contributed by atoms with E-state index in [2.05, 4.69) is 74.2 Å². The Morgan fingerprint density at radius 1 is 1.09 bits per heavy atom. The number of ether oxygens (including phenoxy) is 1. The zero-order chi connectivity index (χ0) is 22.8. The molecule has 2 aromatic carbocycles. The highest BCUT2D eigenvalue weighted by Crippen LogP contribution is 2.41. The molecule has 0 saturated carbocycles. The summed E-state index contributed by atoms with van der Waals surface area (Å²) in [7, 11) is -2.70. The standard InChI is InChI=1S/C26H33F2NO2Si/c1-25(2,3)32(22-10-6-4-7-11-22,23-12-8-5-9-13-23)31-20-26-17-21(16-24(27)28)18-29(26)14-15-30-19-26/h4-13,16,21H,14-15,17-20H2,1-3H3. The van der Waals surface area contributed by atoms with Crippen molar-refractivity contribution >= 4 is 18.7 Å². The van der Waals surface area contributed by atoms with Gasteiger partial charge in [-0.25, -0.2) is 0 Å². The third-order valence-corrected chi connectivity index (χ3v) is 12.0. The summed E-state index contributed by atoms with van der Waals surface area (Å²) in [6.07, 6.45) is 0.143. The van der Waals surface area contributed by atoms with Crippen LogP contribution in [0, 0.1) is 5.92 Å². The Morgan fingerprint density at radius 3 is 2.22 bits per heavy atom. The van der Waals surface area contributed by atoms with Gasteiger partial charge in [0.25, 0.3) is 14.4 Å². The lowest BCUT2D eigenvalue weighted by Gasteiger charge is -2.48. The minimum Gasteiger partial charge on any atom is -0.405 e. The average molecular weight is 458 g/mol. The van der Waals surface area contributed by atoms with Crippen LogP contribution in [0.2, 0.25) is 5.04 Å². The summed E-state index contributed by atoms with van der Waals surface area (Å²) in [5.74, 6) is -0.176. The fourth-order valence-corrected chi connectivity index (χ4v) is 10.2. The number of fused-ring (bicyclic) bond motifs is 1. The van der Waals surface area contributed by atoms with Gasteiger partial charge in [-0.1, -0.05) is 81.4 Å². The monoisotopic (exact) mass is 457 g/mol. The van der Waals surface area contributed by atoms with Crippen LogP contribution in [0.1, 0.15) is 27.2 Å². The Hall–Kier alpha value is -1.86. The number of hydrogen-bond acceptors (Lipinski definition) is 3. The summed E-state index contributed by atoms with van der Waals surface area (Å²) < 4.78 is 39.2. The molecular formula is C26H33F2NO2Si. The second-order valence-electron chi connectivity index (χ2n) is 10.1. The Kier molecular flexibility index (Phi) is 6.68. The number of benzene rings is 2. The summed E-state index contributed by atoms with van der Waals surface area (Å²) in [5, 5.41) is 2.32. The maximum Gasteiger partial charge on any atom is 0.266 e. The molecule has 2 saturated heterocycles. The molecule has 2 aromatic rings. The molecule has 2 aliphatic rings. The molecule has 0 amide bonds. The lowest BCUT2D eigenvalue weighted by Crippen LogP contribution is -2.69. The number of hydrogen-bond donors (Lipinski definition) is 0. The summed E-state index contributed by atoms with van der Waals surface area (Å²) in [6.45, 7) is 9.77. The van der Waals surface area contributed by atoms with E-state index in [0.717, 1.165) is 12.6 Å². The van der Waals surface area contributed by atoms with E-state index in [1.807, 2.05) is 12.1 Å². The first-order valence-electron chi connectivity index (χ1n) is 11.4. The van der Waals surface area contributed by atoms with E-state index in [1.54, 1.807) is 0 Å². The van der Waals surface area contributed by atoms with Crippen molar-refractivity contribution in [3.63, 3.8) is 0 Å². The van der Waals surface area contributed by atoms with Crippen LogP contribution < -0.4 is 10.4 Å². The largest absolute Gasteiger partial charge is 0.405 e. The second kappa shape index (κ2) is 9.18. The fraction of sp³-hybridized carbons (Fsp3) is 0.462. The van der Waals surface area contributed by atoms with Crippen LogP contribution in [0.3, 0.4) is 0 Å². The van der Waals surface area contributed by atoms with Gasteiger partial charge < -0.3 is 9.16 Å². The Morgan fingerprint density at radius 2 is 1.69 bits per heavy atom. The lowest BCUT2D eigenvalue weighted by atomic mass is 9.93. The van der Waals surface area contributed by atoms with Gasteiger partial charge in [0, 0.05) is 13.1 Å². The first kappa shape index (κ1) is 23.3. The van der Waals surface area contributed by atoms with Gasteiger partial charge in [-0.15, -0.1) is 0 Å². The molecule has 2 heterocycles. The maximum atomic E-state index is 13.1. The molecule has 0 radical (unpaired) electrons. The molecule has 2 fully saturated rings. The van der Waals surface area contributed by atoms with Crippen LogP contribution in [0.15, 0.2) is 72.8 Å². The third kappa shape index (κ3) is 4.33. The zero-order valence-corrected chi connectivity index (χ0v) is 20.2. The molecule has 172 valence electrons. The molecular weight excluding hydrogens is 424 g/mol. The van der Waals surface area contributed by atoms with Crippen LogP contribution in [0.5, 0.6) is 0 Å². The topological polar surface area (TPSA) is 21.7 Å². The van der Waals surface area contributed by atoms with E-state index < -0.39 is 14.4 Å². The van der Waals surface area contributed by atoms with Crippen molar-refractivity contribution in [3.05, 3.63) is 72.8 Å². The Labute approximate surface area is 191 Å². The molecule has 0 aliphatic carbocycles. The van der Waals surface area contributed by atoms with Crippen molar-refractivity contribution in [2.75, 3.05) is 32.9 Å². The predicted molar refractivity (Wildman–Crippen MR) is 127 cm³/mol.